The number of methoxy groups -OCH3 is 1. The predicted molar refractivity (Wildman–Crippen MR) is 141 cm³/mol. The molecular weight excluding hydrogens is 448 g/mol. The summed E-state index contributed by atoms with van der Waals surface area (Å²) in [7, 11) is 1.53. The molecule has 0 N–H and O–H groups in total. The maximum absolute atomic E-state index is 13.0. The van der Waals surface area contributed by atoms with Gasteiger partial charge in [0.15, 0.2) is 0 Å². The Balaban J connectivity index is 1.68. The Morgan fingerprint density at radius 3 is 2.33 bits per heavy atom. The van der Waals surface area contributed by atoms with Gasteiger partial charge in [-0.15, -0.1) is 0 Å². The van der Waals surface area contributed by atoms with Gasteiger partial charge in [0, 0.05) is 11.0 Å². The summed E-state index contributed by atoms with van der Waals surface area (Å²) in [4.78, 5) is 38.3. The van der Waals surface area contributed by atoms with Crippen molar-refractivity contribution in [2.45, 2.75) is 99.8 Å². The lowest BCUT2D eigenvalue weighted by Gasteiger charge is -2.71. The number of Topliss-reactive ketones (excluding diaryl/α,β-unsaturated/α-hetero) is 1. The number of hydrogen-bond acceptors (Lipinski definition) is 4. The number of carbonyl (C=O) groups is 3. The van der Waals surface area contributed by atoms with Gasteiger partial charge in [-0.2, -0.15) is 0 Å². The van der Waals surface area contributed by atoms with Gasteiger partial charge >= 0.3 is 5.97 Å². The number of esters is 1. The van der Waals surface area contributed by atoms with E-state index in [1.807, 2.05) is 6.92 Å². The van der Waals surface area contributed by atoms with Crippen molar-refractivity contribution in [1.29, 1.82) is 0 Å². The van der Waals surface area contributed by atoms with E-state index < -0.39 is 5.41 Å². The van der Waals surface area contributed by atoms with Gasteiger partial charge in [0.2, 0.25) is 11.6 Å². The molecule has 3 fully saturated rings. The SMILES string of the molecule is CC[C@@]12CC[C@@]3(C)C4=CC(=O)C(=O)C(C)=C4C(C)C=C3[C@@]1(C)CC[C@@]1(C)CC[C@@](C)(C(=O)OC)C[C@H]12. The van der Waals surface area contributed by atoms with Crippen molar-refractivity contribution in [2.24, 2.45) is 38.9 Å². The largest absolute Gasteiger partial charge is 0.469 e. The lowest BCUT2D eigenvalue weighted by atomic mass is 9.33. The number of fused-ring (bicyclic) bond motifs is 7. The number of carbonyl (C=O) groups excluding carboxylic acids is 3. The van der Waals surface area contributed by atoms with Gasteiger partial charge in [-0.1, -0.05) is 46.3 Å². The Labute approximate surface area is 217 Å². The van der Waals surface area contributed by atoms with Gasteiger partial charge < -0.3 is 4.74 Å². The number of ketones is 2. The summed E-state index contributed by atoms with van der Waals surface area (Å²) in [5.74, 6) is -0.218. The third-order valence-electron chi connectivity index (χ3n) is 12.3. The van der Waals surface area contributed by atoms with Gasteiger partial charge in [0.1, 0.15) is 0 Å². The molecule has 0 amide bonds. The molecular formula is C32H44O4. The maximum atomic E-state index is 13.0. The van der Waals surface area contributed by atoms with Crippen LogP contribution in [0.2, 0.25) is 0 Å². The fourth-order valence-corrected chi connectivity index (χ4v) is 9.99. The van der Waals surface area contributed by atoms with Crippen LogP contribution in [0.5, 0.6) is 0 Å². The Morgan fingerprint density at radius 1 is 1.03 bits per heavy atom. The molecule has 0 heterocycles. The molecule has 7 atom stereocenters. The molecule has 0 aliphatic heterocycles. The molecule has 3 saturated carbocycles. The van der Waals surface area contributed by atoms with E-state index in [-0.39, 0.29) is 45.1 Å². The lowest BCUT2D eigenvalue weighted by molar-refractivity contribution is -0.186. The van der Waals surface area contributed by atoms with E-state index in [0.29, 0.717) is 11.5 Å². The summed E-state index contributed by atoms with van der Waals surface area (Å²) in [6.07, 6.45) is 12.4. The van der Waals surface area contributed by atoms with Gasteiger partial charge in [0.05, 0.1) is 12.5 Å². The molecule has 0 aromatic rings. The average Bonchev–Trinajstić information content (AvgIpc) is 2.84. The lowest BCUT2D eigenvalue weighted by Crippen LogP contribution is -2.63. The molecule has 0 saturated heterocycles. The van der Waals surface area contributed by atoms with Gasteiger partial charge in [0.25, 0.3) is 0 Å². The van der Waals surface area contributed by atoms with E-state index in [0.717, 1.165) is 62.5 Å². The molecule has 0 bridgehead atoms. The van der Waals surface area contributed by atoms with Crippen LogP contribution < -0.4 is 0 Å². The molecule has 5 aliphatic rings. The second-order valence-corrected chi connectivity index (χ2v) is 13.8. The molecule has 5 rings (SSSR count). The van der Waals surface area contributed by atoms with Crippen LogP contribution in [0.15, 0.2) is 34.4 Å². The number of hydrogen-bond donors (Lipinski definition) is 0. The van der Waals surface area contributed by atoms with Crippen molar-refractivity contribution < 1.29 is 19.1 Å². The minimum atomic E-state index is -0.431. The molecule has 0 aromatic heterocycles. The van der Waals surface area contributed by atoms with E-state index >= 15 is 0 Å². The predicted octanol–water partition coefficient (Wildman–Crippen LogP) is 6.94. The van der Waals surface area contributed by atoms with E-state index in [9.17, 15) is 14.4 Å². The van der Waals surface area contributed by atoms with Crippen LogP contribution in [-0.2, 0) is 19.1 Å². The van der Waals surface area contributed by atoms with Crippen molar-refractivity contribution in [2.75, 3.05) is 7.11 Å². The first-order chi connectivity index (χ1) is 16.7. The summed E-state index contributed by atoms with van der Waals surface area (Å²) in [5, 5.41) is 0. The Kier molecular flexibility index (Phi) is 5.54. The van der Waals surface area contributed by atoms with E-state index in [1.165, 1.54) is 12.7 Å². The van der Waals surface area contributed by atoms with Crippen molar-refractivity contribution in [3.8, 4) is 0 Å². The Morgan fingerprint density at radius 2 is 1.69 bits per heavy atom. The molecule has 4 heteroatoms. The average molecular weight is 493 g/mol. The molecule has 0 radical (unpaired) electrons. The second-order valence-electron chi connectivity index (χ2n) is 13.8. The topological polar surface area (TPSA) is 60.4 Å². The normalized spacial score (nSPS) is 46.1. The zero-order chi connectivity index (χ0) is 26.5. The van der Waals surface area contributed by atoms with Crippen LogP contribution in [0.4, 0.5) is 0 Å². The highest BCUT2D eigenvalue weighted by Crippen LogP contribution is 2.77. The summed E-state index contributed by atoms with van der Waals surface area (Å²) in [5.41, 5.74) is 3.92. The molecule has 4 nitrogen and oxygen atoms in total. The molecule has 36 heavy (non-hydrogen) atoms. The van der Waals surface area contributed by atoms with E-state index in [1.54, 1.807) is 6.08 Å². The quantitative estimate of drug-likeness (QED) is 0.181. The van der Waals surface area contributed by atoms with E-state index in [2.05, 4.69) is 47.6 Å². The van der Waals surface area contributed by atoms with Crippen LogP contribution in [0.1, 0.15) is 99.8 Å². The number of allylic oxidation sites excluding steroid dienone is 6. The van der Waals surface area contributed by atoms with Gasteiger partial charge in [-0.3, -0.25) is 14.4 Å². The zero-order valence-electron chi connectivity index (χ0n) is 23.6. The Hall–Kier alpha value is -1.97. The molecule has 196 valence electrons. The van der Waals surface area contributed by atoms with E-state index in [4.69, 9.17) is 4.74 Å². The Bertz CT molecular complexity index is 1150. The van der Waals surface area contributed by atoms with Crippen LogP contribution in [0.3, 0.4) is 0 Å². The van der Waals surface area contributed by atoms with Crippen molar-refractivity contribution in [3.05, 3.63) is 34.4 Å². The number of rotatable bonds is 2. The summed E-state index contributed by atoms with van der Waals surface area (Å²) in [6.45, 7) is 15.8. The number of ether oxygens (including phenoxy) is 1. The third-order valence-corrected chi connectivity index (χ3v) is 12.3. The fraction of sp³-hybridized carbons (Fsp3) is 0.719. The van der Waals surface area contributed by atoms with Crippen LogP contribution in [-0.4, -0.2) is 24.6 Å². The van der Waals surface area contributed by atoms with Crippen molar-refractivity contribution >= 4 is 17.5 Å². The highest BCUT2D eigenvalue weighted by atomic mass is 16.5. The van der Waals surface area contributed by atoms with Crippen LogP contribution in [0.25, 0.3) is 0 Å². The van der Waals surface area contributed by atoms with Crippen molar-refractivity contribution in [1.82, 2.24) is 0 Å². The zero-order valence-corrected chi connectivity index (χ0v) is 23.6. The molecule has 0 spiro atoms. The molecule has 5 aliphatic carbocycles. The third kappa shape index (κ3) is 2.96. The minimum Gasteiger partial charge on any atom is -0.469 e. The smallest absolute Gasteiger partial charge is 0.311 e. The van der Waals surface area contributed by atoms with Crippen molar-refractivity contribution in [3.63, 3.8) is 0 Å². The monoisotopic (exact) mass is 492 g/mol. The first kappa shape index (κ1) is 25.7. The van der Waals surface area contributed by atoms with Gasteiger partial charge in [-0.05, 0) is 111 Å². The minimum absolute atomic E-state index is 0.0215. The molecule has 1 unspecified atom stereocenters. The highest BCUT2D eigenvalue weighted by molar-refractivity contribution is 6.48. The second kappa shape index (κ2) is 7.77. The highest BCUT2D eigenvalue weighted by Gasteiger charge is 2.68. The summed E-state index contributed by atoms with van der Waals surface area (Å²) < 4.78 is 5.31. The van der Waals surface area contributed by atoms with Crippen LogP contribution >= 0.6 is 0 Å². The summed E-state index contributed by atoms with van der Waals surface area (Å²) in [6, 6.07) is 0. The fourth-order valence-electron chi connectivity index (χ4n) is 9.99. The standard InChI is InChI=1S/C32H44O4/c1-9-32-15-13-30(6)21-17-22(33)26(34)20(3)25(21)19(2)16-23(30)31(32,7)14-12-28(4)10-11-29(5,18-24(28)32)27(35)36-8/h16-17,19,24H,9-15,18H2,1-8H3/t19?,24-,28-,29-,30+,31-,32+/m1/s1. The molecule has 0 aromatic carbocycles. The summed E-state index contributed by atoms with van der Waals surface area (Å²) >= 11 is 0. The van der Waals surface area contributed by atoms with Crippen LogP contribution in [0, 0.1) is 38.9 Å². The first-order valence-corrected chi connectivity index (χ1v) is 14.1. The first-order valence-electron chi connectivity index (χ1n) is 14.1. The maximum Gasteiger partial charge on any atom is 0.311 e. The van der Waals surface area contributed by atoms with Gasteiger partial charge in [-0.25, -0.2) is 0 Å².